The topological polar surface area (TPSA) is 95.9 Å². The van der Waals surface area contributed by atoms with Gasteiger partial charge in [0.2, 0.25) is 5.91 Å². The summed E-state index contributed by atoms with van der Waals surface area (Å²) in [5.41, 5.74) is 0. The summed E-state index contributed by atoms with van der Waals surface area (Å²) in [7, 11) is 0. The van der Waals surface area contributed by atoms with Gasteiger partial charge in [0.25, 0.3) is 0 Å². The van der Waals surface area contributed by atoms with Crippen LogP contribution in [0.1, 0.15) is 213 Å². The normalized spacial score (nSPS) is 14.1. The molecule has 0 aromatic carbocycles. The number of hydrogen-bond acceptors (Lipinski definition) is 5. The molecule has 0 aliphatic carbocycles. The molecule has 0 radical (unpaired) electrons. The van der Waals surface area contributed by atoms with Gasteiger partial charge in [0.15, 0.2) is 0 Å². The number of aliphatic hydroxyl groups excluding tert-OH is 2. The van der Waals surface area contributed by atoms with E-state index in [-0.39, 0.29) is 24.9 Å². The second kappa shape index (κ2) is 46.1. The van der Waals surface area contributed by atoms with Gasteiger partial charge in [0, 0.05) is 12.8 Å². The number of amides is 1. The van der Waals surface area contributed by atoms with Gasteiger partial charge in [-0.05, 0) is 70.6 Å². The fourth-order valence-corrected chi connectivity index (χ4v) is 6.80. The molecular formula is C53H91NO5. The van der Waals surface area contributed by atoms with Gasteiger partial charge in [0.1, 0.15) is 6.10 Å². The highest BCUT2D eigenvalue weighted by atomic mass is 16.5. The van der Waals surface area contributed by atoms with Crippen LogP contribution in [0.25, 0.3) is 0 Å². The number of unbranched alkanes of at least 4 members (excludes halogenated alkanes) is 18. The van der Waals surface area contributed by atoms with Crippen molar-refractivity contribution in [3.63, 3.8) is 0 Å². The summed E-state index contributed by atoms with van der Waals surface area (Å²) in [6.45, 7) is 6.29. The maximum atomic E-state index is 13.1. The number of nitrogens with one attached hydrogen (secondary N) is 1. The van der Waals surface area contributed by atoms with Crippen molar-refractivity contribution in [2.24, 2.45) is 0 Å². The zero-order valence-electron chi connectivity index (χ0n) is 38.4. The van der Waals surface area contributed by atoms with Crippen molar-refractivity contribution in [2.45, 2.75) is 232 Å². The molecule has 0 heterocycles. The van der Waals surface area contributed by atoms with E-state index in [1.807, 2.05) is 12.2 Å². The van der Waals surface area contributed by atoms with E-state index in [9.17, 15) is 19.8 Å². The van der Waals surface area contributed by atoms with E-state index >= 15 is 0 Å². The summed E-state index contributed by atoms with van der Waals surface area (Å²) < 4.78 is 5.84. The molecular weight excluding hydrogens is 731 g/mol. The molecule has 3 unspecified atom stereocenters. The summed E-state index contributed by atoms with van der Waals surface area (Å²) >= 11 is 0. The number of rotatable bonds is 42. The Morgan fingerprint density at radius 3 is 1.47 bits per heavy atom. The van der Waals surface area contributed by atoms with Crippen LogP contribution < -0.4 is 5.32 Å². The number of aliphatic hydroxyl groups is 2. The van der Waals surface area contributed by atoms with Gasteiger partial charge in [-0.1, -0.05) is 209 Å². The number of carbonyl (C=O) groups is 2. The molecule has 0 aromatic heterocycles. The number of ether oxygens (including phenoxy) is 1. The molecule has 0 fully saturated rings. The molecule has 0 saturated carbocycles. The van der Waals surface area contributed by atoms with Crippen LogP contribution >= 0.6 is 0 Å². The molecule has 0 rings (SSSR count). The standard InChI is InChI=1S/C53H91NO5/c1-4-7-10-13-16-19-21-23-25-27-29-31-34-37-40-43-46-53(58)59-49(44-41-38-35-33-30-28-26-24-22-20-17-14-11-8-5-2)47-52(57)54-50(48-55)51(56)45-42-39-36-32-18-15-12-9-6-3/h8,11,17,20,24-27,29-31,33,38,41,49-51,55-56H,4-7,9-10,12-16,18-19,21-23,28,32,34-37,39-40,42-48H2,1-3H3,(H,54,57)/b11-8-,20-17-,26-24-,27-25+,31-29+,33-30-,41-38-. The third kappa shape index (κ3) is 41.6. The minimum absolute atomic E-state index is 0.0153. The minimum atomic E-state index is -0.818. The van der Waals surface area contributed by atoms with E-state index in [1.54, 1.807) is 0 Å². The molecule has 0 spiro atoms. The first-order valence-corrected chi connectivity index (χ1v) is 24.3. The molecule has 1 amide bonds. The van der Waals surface area contributed by atoms with Crippen molar-refractivity contribution in [1.82, 2.24) is 5.32 Å². The second-order valence-electron chi connectivity index (χ2n) is 16.2. The number of hydrogen-bond donors (Lipinski definition) is 3. The first-order chi connectivity index (χ1) is 29.0. The molecule has 338 valence electrons. The first-order valence-electron chi connectivity index (χ1n) is 24.3. The van der Waals surface area contributed by atoms with Gasteiger partial charge in [-0.3, -0.25) is 9.59 Å². The van der Waals surface area contributed by atoms with Gasteiger partial charge in [-0.25, -0.2) is 0 Å². The largest absolute Gasteiger partial charge is 0.461 e. The fraction of sp³-hybridized carbons (Fsp3) is 0.698. The van der Waals surface area contributed by atoms with E-state index in [1.165, 1.54) is 83.5 Å². The SMILES string of the molecule is CC/C=C\C/C=C\C/C=C\C/C=C\C/C=C\CC(CC(=O)NC(CO)C(O)CCCCCCCCCCC)OC(=O)CCCCC/C=C/C=C/CCCCCCCCC. The molecule has 0 aliphatic heterocycles. The zero-order valence-corrected chi connectivity index (χ0v) is 38.4. The Balaban J connectivity index is 4.80. The molecule has 3 N–H and O–H groups in total. The highest BCUT2D eigenvalue weighted by Gasteiger charge is 2.23. The number of esters is 1. The maximum absolute atomic E-state index is 13.1. The smallest absolute Gasteiger partial charge is 0.306 e. The summed E-state index contributed by atoms with van der Waals surface area (Å²) in [5.74, 6) is -0.619. The molecule has 6 heteroatoms. The third-order valence-electron chi connectivity index (χ3n) is 10.5. The molecule has 0 aliphatic rings. The Morgan fingerprint density at radius 2 is 0.983 bits per heavy atom. The van der Waals surface area contributed by atoms with Gasteiger partial charge in [0.05, 0.1) is 25.2 Å². The zero-order chi connectivity index (χ0) is 43.1. The van der Waals surface area contributed by atoms with Gasteiger partial charge >= 0.3 is 5.97 Å². The van der Waals surface area contributed by atoms with Crippen LogP contribution in [0.15, 0.2) is 85.1 Å². The van der Waals surface area contributed by atoms with Crippen molar-refractivity contribution < 1.29 is 24.5 Å². The number of carbonyl (C=O) groups excluding carboxylic acids is 2. The van der Waals surface area contributed by atoms with Gasteiger partial charge < -0.3 is 20.3 Å². The summed E-state index contributed by atoms with van der Waals surface area (Å²) in [4.78, 5) is 26.0. The van der Waals surface area contributed by atoms with Crippen LogP contribution in [0, 0.1) is 0 Å². The summed E-state index contributed by atoms with van der Waals surface area (Å²) in [6.07, 6.45) is 59.5. The quantitative estimate of drug-likeness (QED) is 0.0247. The Bertz CT molecular complexity index is 1150. The van der Waals surface area contributed by atoms with Crippen LogP contribution in [-0.2, 0) is 14.3 Å². The fourth-order valence-electron chi connectivity index (χ4n) is 6.80. The average Bonchev–Trinajstić information content (AvgIpc) is 3.23. The lowest BCUT2D eigenvalue weighted by Gasteiger charge is -2.24. The Hall–Kier alpha value is -2.96. The van der Waals surface area contributed by atoms with Crippen LogP contribution in [-0.4, -0.2) is 46.9 Å². The first kappa shape index (κ1) is 56.0. The van der Waals surface area contributed by atoms with Crippen LogP contribution in [0.4, 0.5) is 0 Å². The molecule has 59 heavy (non-hydrogen) atoms. The maximum Gasteiger partial charge on any atom is 0.306 e. The van der Waals surface area contributed by atoms with E-state index in [4.69, 9.17) is 4.74 Å². The number of allylic oxidation sites excluding steroid dienone is 13. The lowest BCUT2D eigenvalue weighted by atomic mass is 10.0. The van der Waals surface area contributed by atoms with E-state index in [0.29, 0.717) is 19.3 Å². The molecule has 3 atom stereocenters. The van der Waals surface area contributed by atoms with Crippen LogP contribution in [0.3, 0.4) is 0 Å². The molecule has 0 bridgehead atoms. The van der Waals surface area contributed by atoms with Crippen LogP contribution in [0.2, 0.25) is 0 Å². The van der Waals surface area contributed by atoms with Crippen molar-refractivity contribution in [2.75, 3.05) is 6.61 Å². The lowest BCUT2D eigenvalue weighted by molar-refractivity contribution is -0.150. The van der Waals surface area contributed by atoms with Crippen molar-refractivity contribution in [3.8, 4) is 0 Å². The Labute approximate surface area is 363 Å². The Kier molecular flexibility index (Phi) is 43.8. The van der Waals surface area contributed by atoms with E-state index in [2.05, 4.69) is 99.0 Å². The van der Waals surface area contributed by atoms with Gasteiger partial charge in [-0.2, -0.15) is 0 Å². The van der Waals surface area contributed by atoms with Crippen molar-refractivity contribution in [3.05, 3.63) is 85.1 Å². The average molecular weight is 822 g/mol. The van der Waals surface area contributed by atoms with Crippen LogP contribution in [0.5, 0.6) is 0 Å². The molecule has 0 saturated heterocycles. The van der Waals surface area contributed by atoms with Crippen molar-refractivity contribution >= 4 is 11.9 Å². The molecule has 0 aromatic rings. The van der Waals surface area contributed by atoms with Gasteiger partial charge in [-0.15, -0.1) is 0 Å². The monoisotopic (exact) mass is 822 g/mol. The second-order valence-corrected chi connectivity index (χ2v) is 16.2. The lowest BCUT2D eigenvalue weighted by Crippen LogP contribution is -2.46. The summed E-state index contributed by atoms with van der Waals surface area (Å²) in [5, 5.41) is 23.6. The third-order valence-corrected chi connectivity index (χ3v) is 10.5. The predicted molar refractivity (Wildman–Crippen MR) is 254 cm³/mol. The minimum Gasteiger partial charge on any atom is -0.461 e. The molecule has 6 nitrogen and oxygen atoms in total. The van der Waals surface area contributed by atoms with E-state index < -0.39 is 18.2 Å². The van der Waals surface area contributed by atoms with Crippen molar-refractivity contribution in [1.29, 1.82) is 0 Å². The summed E-state index contributed by atoms with van der Waals surface area (Å²) in [6, 6.07) is -0.740. The van der Waals surface area contributed by atoms with E-state index in [0.717, 1.165) is 83.5 Å². The Morgan fingerprint density at radius 1 is 0.542 bits per heavy atom. The highest BCUT2D eigenvalue weighted by Crippen LogP contribution is 2.15. The predicted octanol–water partition coefficient (Wildman–Crippen LogP) is 14.4. The highest BCUT2D eigenvalue weighted by molar-refractivity contribution is 5.77.